The zero-order valence-corrected chi connectivity index (χ0v) is 17.8. The summed E-state index contributed by atoms with van der Waals surface area (Å²) in [5, 5.41) is 0. The molecule has 1 aliphatic heterocycles. The molecule has 1 aliphatic rings. The van der Waals surface area contributed by atoms with Crippen LogP contribution in [0.3, 0.4) is 0 Å². The topological polar surface area (TPSA) is 46.6 Å². The van der Waals surface area contributed by atoms with E-state index in [2.05, 4.69) is 19.1 Å². The monoisotopic (exact) mass is 419 g/mol. The van der Waals surface area contributed by atoms with Gasteiger partial charge in [0.1, 0.15) is 11.8 Å². The highest BCUT2D eigenvalue weighted by molar-refractivity contribution is 7.89. The summed E-state index contributed by atoms with van der Waals surface area (Å²) in [7, 11) is -3.80. The minimum atomic E-state index is -3.80. The van der Waals surface area contributed by atoms with Crippen LogP contribution in [0.25, 0.3) is 11.1 Å². The molecule has 0 N–H and O–H groups in total. The standard InChI is InChI=1S/C25H25NO3S/c1-2-3-12-23-19-25(26(29-23)30(27,28)24-13-8-5-9-14-24)22-17-15-21(16-18-22)20-10-6-4-7-11-20/h4-11,13-19,25H,2-3,12H2,1H3. The summed E-state index contributed by atoms with van der Waals surface area (Å²) in [4.78, 5) is 6.09. The number of nitrogens with zero attached hydrogens (tertiary/aromatic N) is 1. The number of benzene rings is 3. The van der Waals surface area contributed by atoms with Crippen molar-refractivity contribution >= 4 is 10.0 Å². The summed E-state index contributed by atoms with van der Waals surface area (Å²) in [6, 6.07) is 26.1. The van der Waals surface area contributed by atoms with Gasteiger partial charge in [-0.05, 0) is 45.8 Å². The summed E-state index contributed by atoms with van der Waals surface area (Å²) < 4.78 is 27.7. The molecule has 154 valence electrons. The second-order valence-corrected chi connectivity index (χ2v) is 9.12. The zero-order chi connectivity index (χ0) is 21.0. The Balaban J connectivity index is 1.67. The number of unbranched alkanes of at least 4 members (excludes halogenated alkanes) is 1. The summed E-state index contributed by atoms with van der Waals surface area (Å²) in [5.74, 6) is 0.702. The number of sulfonamides is 1. The predicted molar refractivity (Wildman–Crippen MR) is 119 cm³/mol. The SMILES string of the molecule is CCCCC1=CC(c2ccc(-c3ccccc3)cc2)N(S(=O)(=O)c2ccccc2)O1. The van der Waals surface area contributed by atoms with Gasteiger partial charge in [0.25, 0.3) is 10.0 Å². The third-order valence-corrected chi connectivity index (χ3v) is 6.84. The van der Waals surface area contributed by atoms with Crippen LogP contribution in [0, 0.1) is 0 Å². The first kappa shape index (κ1) is 20.4. The van der Waals surface area contributed by atoms with E-state index in [1.54, 1.807) is 30.3 Å². The van der Waals surface area contributed by atoms with Crippen molar-refractivity contribution in [3.8, 4) is 11.1 Å². The van der Waals surface area contributed by atoms with Crippen LogP contribution in [0.1, 0.15) is 37.8 Å². The maximum atomic E-state index is 13.3. The van der Waals surface area contributed by atoms with E-state index in [4.69, 9.17) is 4.84 Å². The lowest BCUT2D eigenvalue weighted by Gasteiger charge is -2.23. The Morgan fingerprint density at radius 3 is 2.07 bits per heavy atom. The summed E-state index contributed by atoms with van der Waals surface area (Å²) in [6.07, 6.45) is 4.61. The molecular formula is C25H25NO3S. The van der Waals surface area contributed by atoms with Crippen molar-refractivity contribution in [2.75, 3.05) is 0 Å². The minimum Gasteiger partial charge on any atom is -0.395 e. The second-order valence-electron chi connectivity index (χ2n) is 7.33. The van der Waals surface area contributed by atoms with Gasteiger partial charge < -0.3 is 4.84 Å². The van der Waals surface area contributed by atoms with Crippen LogP contribution in [0.2, 0.25) is 0 Å². The molecule has 0 saturated carbocycles. The van der Waals surface area contributed by atoms with Crippen molar-refractivity contribution in [2.45, 2.75) is 37.1 Å². The third kappa shape index (κ3) is 4.18. The molecule has 1 atom stereocenters. The Morgan fingerprint density at radius 1 is 0.833 bits per heavy atom. The number of hydrogen-bond donors (Lipinski definition) is 0. The maximum Gasteiger partial charge on any atom is 0.274 e. The van der Waals surface area contributed by atoms with Crippen molar-refractivity contribution < 1.29 is 13.3 Å². The molecule has 4 rings (SSSR count). The summed E-state index contributed by atoms with van der Waals surface area (Å²) in [6.45, 7) is 2.10. The maximum absolute atomic E-state index is 13.3. The summed E-state index contributed by atoms with van der Waals surface area (Å²) in [5.41, 5.74) is 3.09. The molecule has 0 fully saturated rings. The highest BCUT2D eigenvalue weighted by Crippen LogP contribution is 2.38. The average Bonchev–Trinajstić information content (AvgIpc) is 3.24. The van der Waals surface area contributed by atoms with E-state index in [1.165, 1.54) is 0 Å². The van der Waals surface area contributed by atoms with Crippen LogP contribution in [0.15, 0.2) is 102 Å². The van der Waals surface area contributed by atoms with Gasteiger partial charge in [0.15, 0.2) is 0 Å². The van der Waals surface area contributed by atoms with Gasteiger partial charge in [0.2, 0.25) is 0 Å². The number of hydrogen-bond acceptors (Lipinski definition) is 3. The molecule has 30 heavy (non-hydrogen) atoms. The number of allylic oxidation sites excluding steroid dienone is 1. The van der Waals surface area contributed by atoms with Crippen LogP contribution >= 0.6 is 0 Å². The van der Waals surface area contributed by atoms with Gasteiger partial charge in [-0.3, -0.25) is 0 Å². The molecule has 5 heteroatoms. The van der Waals surface area contributed by atoms with E-state index in [1.807, 2.05) is 48.5 Å². The quantitative estimate of drug-likeness (QED) is 0.464. The van der Waals surface area contributed by atoms with Crippen LogP contribution in [0.5, 0.6) is 0 Å². The normalized spacial score (nSPS) is 16.8. The molecule has 0 radical (unpaired) electrons. The Labute approximate surface area is 178 Å². The first-order chi connectivity index (χ1) is 14.6. The van der Waals surface area contributed by atoms with Gasteiger partial charge in [-0.1, -0.05) is 86.1 Å². The smallest absolute Gasteiger partial charge is 0.274 e. The van der Waals surface area contributed by atoms with Crippen molar-refractivity contribution in [1.82, 2.24) is 4.47 Å². The summed E-state index contributed by atoms with van der Waals surface area (Å²) >= 11 is 0. The number of hydroxylamine groups is 1. The molecule has 0 aliphatic carbocycles. The molecule has 0 amide bonds. The largest absolute Gasteiger partial charge is 0.395 e. The Bertz CT molecular complexity index is 1110. The average molecular weight is 420 g/mol. The zero-order valence-electron chi connectivity index (χ0n) is 16.9. The predicted octanol–water partition coefficient (Wildman–Crippen LogP) is 6.10. The second kappa shape index (κ2) is 8.86. The van der Waals surface area contributed by atoms with Crippen LogP contribution in [-0.4, -0.2) is 12.9 Å². The van der Waals surface area contributed by atoms with Gasteiger partial charge in [-0.2, -0.15) is 0 Å². The third-order valence-electron chi connectivity index (χ3n) is 5.19. The molecule has 0 bridgehead atoms. The van der Waals surface area contributed by atoms with E-state index in [-0.39, 0.29) is 4.90 Å². The molecule has 4 nitrogen and oxygen atoms in total. The Kier molecular flexibility index (Phi) is 6.02. The van der Waals surface area contributed by atoms with Crippen molar-refractivity contribution in [3.63, 3.8) is 0 Å². The fourth-order valence-electron chi connectivity index (χ4n) is 3.54. The van der Waals surface area contributed by atoms with Gasteiger partial charge in [-0.25, -0.2) is 8.42 Å². The van der Waals surface area contributed by atoms with Crippen molar-refractivity contribution in [1.29, 1.82) is 0 Å². The van der Waals surface area contributed by atoms with Gasteiger partial charge in [0, 0.05) is 6.42 Å². The number of rotatable bonds is 7. The van der Waals surface area contributed by atoms with Gasteiger partial charge >= 0.3 is 0 Å². The van der Waals surface area contributed by atoms with E-state index in [0.717, 1.165) is 40.4 Å². The lowest BCUT2D eigenvalue weighted by Crippen LogP contribution is -2.30. The van der Waals surface area contributed by atoms with Crippen molar-refractivity contribution in [3.05, 3.63) is 102 Å². The molecular weight excluding hydrogens is 394 g/mol. The van der Waals surface area contributed by atoms with E-state index in [0.29, 0.717) is 5.76 Å². The van der Waals surface area contributed by atoms with Crippen LogP contribution in [-0.2, 0) is 14.9 Å². The highest BCUT2D eigenvalue weighted by atomic mass is 32.2. The fourth-order valence-corrected chi connectivity index (χ4v) is 4.92. The van der Waals surface area contributed by atoms with Crippen LogP contribution in [0.4, 0.5) is 0 Å². The van der Waals surface area contributed by atoms with E-state index >= 15 is 0 Å². The fraction of sp³-hybridized carbons (Fsp3) is 0.200. The molecule has 3 aromatic carbocycles. The van der Waals surface area contributed by atoms with Gasteiger partial charge in [0.05, 0.1) is 4.90 Å². The molecule has 0 spiro atoms. The Morgan fingerprint density at radius 2 is 1.43 bits per heavy atom. The molecule has 3 aromatic rings. The molecule has 1 heterocycles. The lowest BCUT2D eigenvalue weighted by molar-refractivity contribution is -0.0354. The minimum absolute atomic E-state index is 0.223. The first-order valence-corrected chi connectivity index (χ1v) is 11.7. The highest BCUT2D eigenvalue weighted by Gasteiger charge is 2.38. The molecule has 0 saturated heterocycles. The lowest BCUT2D eigenvalue weighted by atomic mass is 10.0. The van der Waals surface area contributed by atoms with Crippen molar-refractivity contribution in [2.24, 2.45) is 0 Å². The van der Waals surface area contributed by atoms with E-state index < -0.39 is 16.1 Å². The van der Waals surface area contributed by atoms with Crippen LogP contribution < -0.4 is 0 Å². The molecule has 1 unspecified atom stereocenters. The van der Waals surface area contributed by atoms with Gasteiger partial charge in [-0.15, -0.1) is 0 Å². The Hall–Kier alpha value is -2.89. The molecule has 0 aromatic heterocycles. The van der Waals surface area contributed by atoms with E-state index in [9.17, 15) is 8.42 Å². The first-order valence-electron chi connectivity index (χ1n) is 10.2.